The largest absolute Gasteiger partial charge is 0.0683 e. The maximum absolute atomic E-state index is 2.30. The van der Waals surface area contributed by atoms with Crippen LogP contribution in [0.1, 0.15) is 80.6 Å². The Labute approximate surface area is 87.1 Å². The van der Waals surface area contributed by atoms with Gasteiger partial charge in [-0.05, 0) is 5.92 Å². The van der Waals surface area contributed by atoms with E-state index in [0.29, 0.717) is 0 Å². The summed E-state index contributed by atoms with van der Waals surface area (Å²) in [6.07, 6.45) is 7.07. The summed E-state index contributed by atoms with van der Waals surface area (Å²) >= 11 is 0. The van der Waals surface area contributed by atoms with Crippen molar-refractivity contribution >= 4 is 0 Å². The molecule has 0 aromatic heterocycles. The fourth-order valence-corrected chi connectivity index (χ4v) is 0.979. The van der Waals surface area contributed by atoms with Gasteiger partial charge in [0.2, 0.25) is 0 Å². The van der Waals surface area contributed by atoms with Crippen molar-refractivity contribution in [3.8, 4) is 0 Å². The van der Waals surface area contributed by atoms with Crippen LogP contribution in [-0.2, 0) is 0 Å². The maximum atomic E-state index is 2.30. The van der Waals surface area contributed by atoms with Crippen LogP contribution in [0.3, 0.4) is 0 Å². The van der Waals surface area contributed by atoms with Crippen molar-refractivity contribution in [3.05, 3.63) is 0 Å². The van der Waals surface area contributed by atoms with Gasteiger partial charge in [0.1, 0.15) is 0 Å². The van der Waals surface area contributed by atoms with Crippen molar-refractivity contribution in [1.29, 1.82) is 0 Å². The highest BCUT2D eigenvalue weighted by atomic mass is 14.0. The van der Waals surface area contributed by atoms with Gasteiger partial charge in [0.25, 0.3) is 0 Å². The van der Waals surface area contributed by atoms with Gasteiger partial charge in [-0.2, -0.15) is 0 Å². The van der Waals surface area contributed by atoms with Crippen LogP contribution in [0, 0.1) is 5.92 Å². The molecule has 0 saturated carbocycles. The van der Waals surface area contributed by atoms with Crippen LogP contribution in [0.15, 0.2) is 0 Å². The number of unbranched alkanes of at least 4 members (excludes halogenated alkanes) is 3. The second-order valence-electron chi connectivity index (χ2n) is 3.24. The van der Waals surface area contributed by atoms with Crippen molar-refractivity contribution in [3.63, 3.8) is 0 Å². The van der Waals surface area contributed by atoms with Gasteiger partial charge in [-0.25, -0.2) is 0 Å². The van der Waals surface area contributed by atoms with E-state index in [1.807, 2.05) is 27.7 Å². The predicted octanol–water partition coefficient (Wildman–Crippen LogP) is 5.67. The second kappa shape index (κ2) is 22.7. The minimum Gasteiger partial charge on any atom is -0.0683 e. The minimum atomic E-state index is 0.904. The Balaban J connectivity index is -0.000000218. The van der Waals surface area contributed by atoms with Crippen LogP contribution in [0.5, 0.6) is 0 Å². The van der Waals surface area contributed by atoms with Gasteiger partial charge in [-0.3, -0.25) is 0 Å². The molecule has 0 heteroatoms. The molecule has 0 aromatic carbocycles. The van der Waals surface area contributed by atoms with Crippen molar-refractivity contribution in [2.75, 3.05) is 0 Å². The highest BCUT2D eigenvalue weighted by Crippen LogP contribution is 2.08. The van der Waals surface area contributed by atoms with Crippen molar-refractivity contribution in [2.24, 2.45) is 5.92 Å². The Bertz CT molecular complexity index is 46.0. The lowest BCUT2D eigenvalue weighted by Gasteiger charge is -2.01. The van der Waals surface area contributed by atoms with E-state index in [-0.39, 0.29) is 0 Å². The molecule has 0 amide bonds. The quantitative estimate of drug-likeness (QED) is 0.488. The third-order valence-electron chi connectivity index (χ3n) is 1.64. The SMILES string of the molecule is CC.CC.CCCCCCC(C)C. The molecule has 84 valence electrons. The zero-order chi connectivity index (χ0) is 11.1. The molecular weight excluding hydrogens is 156 g/mol. The summed E-state index contributed by atoms with van der Waals surface area (Å²) < 4.78 is 0. The molecule has 0 unspecified atom stereocenters. The molecule has 0 spiro atoms. The van der Waals surface area contributed by atoms with Gasteiger partial charge in [-0.15, -0.1) is 0 Å². The van der Waals surface area contributed by atoms with Gasteiger partial charge in [0, 0.05) is 0 Å². The third-order valence-corrected chi connectivity index (χ3v) is 1.64. The second-order valence-corrected chi connectivity index (χ2v) is 3.24. The monoisotopic (exact) mass is 188 g/mol. The van der Waals surface area contributed by atoms with E-state index < -0.39 is 0 Å². The van der Waals surface area contributed by atoms with E-state index in [9.17, 15) is 0 Å². The Morgan fingerprint density at radius 2 is 1.23 bits per heavy atom. The van der Waals surface area contributed by atoms with Crippen LogP contribution in [0.2, 0.25) is 0 Å². The lowest BCUT2D eigenvalue weighted by atomic mass is 10.1. The molecule has 13 heavy (non-hydrogen) atoms. The molecule has 0 aromatic rings. The number of rotatable bonds is 5. The molecule has 0 fully saturated rings. The van der Waals surface area contributed by atoms with Gasteiger partial charge in [0.15, 0.2) is 0 Å². The molecule has 0 atom stereocenters. The summed E-state index contributed by atoms with van der Waals surface area (Å²) in [6, 6.07) is 0. The summed E-state index contributed by atoms with van der Waals surface area (Å²) in [7, 11) is 0. The van der Waals surface area contributed by atoms with Gasteiger partial charge >= 0.3 is 0 Å². The first-order valence-corrected chi connectivity index (χ1v) is 6.27. The van der Waals surface area contributed by atoms with E-state index in [0.717, 1.165) is 5.92 Å². The highest BCUT2D eigenvalue weighted by Gasteiger charge is 1.91. The summed E-state index contributed by atoms with van der Waals surface area (Å²) in [5.74, 6) is 0.904. The van der Waals surface area contributed by atoms with E-state index in [2.05, 4.69) is 20.8 Å². The van der Waals surface area contributed by atoms with Gasteiger partial charge in [0.05, 0.1) is 0 Å². The average Bonchev–Trinajstić information content (AvgIpc) is 2.19. The smallest absolute Gasteiger partial charge is 0.0471 e. The van der Waals surface area contributed by atoms with Gasteiger partial charge < -0.3 is 0 Å². The fraction of sp³-hybridized carbons (Fsp3) is 1.00. The highest BCUT2D eigenvalue weighted by molar-refractivity contribution is 4.45. The molecular formula is C13H32. The van der Waals surface area contributed by atoms with Gasteiger partial charge in [-0.1, -0.05) is 80.6 Å². The zero-order valence-electron chi connectivity index (χ0n) is 11.1. The molecule has 0 radical (unpaired) electrons. The normalized spacial score (nSPS) is 8.31. The first-order chi connectivity index (χ1) is 6.27. The maximum Gasteiger partial charge on any atom is -0.0471 e. The molecule has 0 aliphatic rings. The van der Waals surface area contributed by atoms with E-state index in [4.69, 9.17) is 0 Å². The lowest BCUT2D eigenvalue weighted by Crippen LogP contribution is -1.86. The summed E-state index contributed by atoms with van der Waals surface area (Å²) in [6.45, 7) is 14.9. The molecule has 0 aliphatic heterocycles. The van der Waals surface area contributed by atoms with Crippen molar-refractivity contribution in [1.82, 2.24) is 0 Å². The Morgan fingerprint density at radius 3 is 1.54 bits per heavy atom. The van der Waals surface area contributed by atoms with Crippen molar-refractivity contribution < 1.29 is 0 Å². The van der Waals surface area contributed by atoms with E-state index >= 15 is 0 Å². The molecule has 0 nitrogen and oxygen atoms in total. The van der Waals surface area contributed by atoms with Crippen LogP contribution >= 0.6 is 0 Å². The van der Waals surface area contributed by atoms with Crippen LogP contribution in [-0.4, -0.2) is 0 Å². The summed E-state index contributed by atoms with van der Waals surface area (Å²) in [4.78, 5) is 0. The molecule has 0 N–H and O–H groups in total. The standard InChI is InChI=1S/C9H20.2C2H6/c1-4-5-6-7-8-9(2)3;2*1-2/h9H,4-8H2,1-3H3;2*1-2H3. The first-order valence-electron chi connectivity index (χ1n) is 6.27. The van der Waals surface area contributed by atoms with Crippen LogP contribution in [0.4, 0.5) is 0 Å². The Hall–Kier alpha value is 0. The third kappa shape index (κ3) is 33.3. The molecule has 0 heterocycles. The van der Waals surface area contributed by atoms with E-state index in [1.165, 1.54) is 32.1 Å². The molecule has 0 bridgehead atoms. The Kier molecular flexibility index (Phi) is 32.7. The van der Waals surface area contributed by atoms with Crippen molar-refractivity contribution in [2.45, 2.75) is 80.6 Å². The zero-order valence-corrected chi connectivity index (χ0v) is 11.1. The number of hydrogen-bond donors (Lipinski definition) is 0. The first kappa shape index (κ1) is 18.7. The van der Waals surface area contributed by atoms with Crippen LogP contribution < -0.4 is 0 Å². The Morgan fingerprint density at radius 1 is 0.769 bits per heavy atom. The minimum absolute atomic E-state index is 0.904. The van der Waals surface area contributed by atoms with E-state index in [1.54, 1.807) is 0 Å². The fourth-order valence-electron chi connectivity index (χ4n) is 0.979. The molecule has 0 aliphatic carbocycles. The number of hydrogen-bond acceptors (Lipinski definition) is 0. The molecule has 0 saturated heterocycles. The average molecular weight is 188 g/mol. The topological polar surface area (TPSA) is 0 Å². The predicted molar refractivity (Wildman–Crippen MR) is 66.3 cm³/mol. The lowest BCUT2D eigenvalue weighted by molar-refractivity contribution is 0.525. The summed E-state index contributed by atoms with van der Waals surface area (Å²) in [5.41, 5.74) is 0. The molecule has 0 rings (SSSR count). The van der Waals surface area contributed by atoms with Crippen LogP contribution in [0.25, 0.3) is 0 Å². The summed E-state index contributed by atoms with van der Waals surface area (Å²) in [5, 5.41) is 0.